The number of hydrogen-bond acceptors (Lipinski definition) is 8. The van der Waals surface area contributed by atoms with Gasteiger partial charge in [0.2, 0.25) is 11.7 Å². The van der Waals surface area contributed by atoms with Crippen LogP contribution in [0.3, 0.4) is 0 Å². The van der Waals surface area contributed by atoms with Gasteiger partial charge in [-0.3, -0.25) is 5.01 Å². The third kappa shape index (κ3) is 3.55. The topological polar surface area (TPSA) is 101 Å². The maximum absolute atomic E-state index is 6.09. The van der Waals surface area contributed by atoms with Gasteiger partial charge in [0.25, 0.3) is 5.78 Å². The molecule has 1 unspecified atom stereocenters. The molecule has 2 aliphatic rings. The quantitative estimate of drug-likeness (QED) is 0.389. The number of nitrogens with zero attached hydrogens (tertiary/aromatic N) is 8. The molecule has 0 fully saturated rings. The molecular formula is C29H25N9. The summed E-state index contributed by atoms with van der Waals surface area (Å²) < 4.78 is 1.66. The van der Waals surface area contributed by atoms with Crippen LogP contribution in [-0.2, 0) is 0 Å². The van der Waals surface area contributed by atoms with Crippen molar-refractivity contribution in [2.75, 3.05) is 7.05 Å². The summed E-state index contributed by atoms with van der Waals surface area (Å²) in [6.07, 6.45) is 7.40. The first kappa shape index (κ1) is 22.3. The average molecular weight is 500 g/mol. The molecule has 0 radical (unpaired) electrons. The van der Waals surface area contributed by atoms with Gasteiger partial charge in [0.1, 0.15) is 0 Å². The molecule has 3 aromatic heterocycles. The van der Waals surface area contributed by atoms with E-state index in [1.165, 1.54) is 0 Å². The molecule has 5 aromatic rings. The third-order valence-corrected chi connectivity index (χ3v) is 6.98. The van der Waals surface area contributed by atoms with E-state index >= 15 is 0 Å². The van der Waals surface area contributed by atoms with E-state index in [1.54, 1.807) is 10.7 Å². The van der Waals surface area contributed by atoms with E-state index in [0.29, 0.717) is 17.4 Å². The Kier molecular flexibility index (Phi) is 5.05. The fourth-order valence-corrected chi connectivity index (χ4v) is 5.08. The van der Waals surface area contributed by atoms with E-state index in [0.717, 1.165) is 39.2 Å². The molecule has 9 nitrogen and oxygen atoms in total. The molecule has 5 heterocycles. The van der Waals surface area contributed by atoms with Crippen LogP contribution in [0.2, 0.25) is 0 Å². The van der Waals surface area contributed by atoms with Gasteiger partial charge in [0.05, 0.1) is 11.4 Å². The summed E-state index contributed by atoms with van der Waals surface area (Å²) in [4.78, 5) is 16.2. The van der Waals surface area contributed by atoms with Crippen LogP contribution >= 0.6 is 0 Å². The standard InChI is InChI=1S/C29H25N9/c1-18(30)19-9-11-21(12-10-19)25-22(20-7-4-3-5-8-20)17-23-24(32-25)13-16-37-27(35-36(2)28(23)37)26-33-29-31-14-6-15-38(29)34-26/h3-18,28H,30H2,1-2H3/t18-,28?/m1/s1. The number of aromatic nitrogens is 5. The Balaban J connectivity index is 1.34. The molecule has 2 atom stereocenters. The molecule has 7 rings (SSSR count). The highest BCUT2D eigenvalue weighted by Gasteiger charge is 2.38. The Labute approximate surface area is 219 Å². The van der Waals surface area contributed by atoms with Crippen molar-refractivity contribution >= 4 is 17.7 Å². The molecule has 0 amide bonds. The van der Waals surface area contributed by atoms with Crippen molar-refractivity contribution in [3.8, 4) is 22.4 Å². The van der Waals surface area contributed by atoms with Crippen molar-refractivity contribution in [3.63, 3.8) is 0 Å². The Bertz CT molecular complexity index is 1690. The minimum Gasteiger partial charge on any atom is -0.324 e. The second-order valence-corrected chi connectivity index (χ2v) is 9.53. The van der Waals surface area contributed by atoms with Crippen LogP contribution in [-0.4, -0.2) is 47.4 Å². The van der Waals surface area contributed by atoms with Crippen molar-refractivity contribution in [2.45, 2.75) is 19.1 Å². The minimum absolute atomic E-state index is 0.0201. The van der Waals surface area contributed by atoms with Gasteiger partial charge in [0, 0.05) is 48.4 Å². The predicted octanol–water partition coefficient (Wildman–Crippen LogP) is 4.47. The predicted molar refractivity (Wildman–Crippen MR) is 146 cm³/mol. The van der Waals surface area contributed by atoms with Crippen LogP contribution in [0.25, 0.3) is 34.2 Å². The molecule has 0 saturated heterocycles. The van der Waals surface area contributed by atoms with Crippen molar-refractivity contribution in [3.05, 3.63) is 108 Å². The zero-order chi connectivity index (χ0) is 25.8. The highest BCUT2D eigenvalue weighted by molar-refractivity contribution is 5.98. The molecule has 2 N–H and O–H groups in total. The highest BCUT2D eigenvalue weighted by atomic mass is 15.6. The number of rotatable bonds is 4. The lowest BCUT2D eigenvalue weighted by Crippen LogP contribution is -2.33. The summed E-state index contributed by atoms with van der Waals surface area (Å²) in [5.74, 6) is 1.72. The molecule has 0 bridgehead atoms. The fourth-order valence-electron chi connectivity index (χ4n) is 5.08. The summed E-state index contributed by atoms with van der Waals surface area (Å²) in [5, 5.41) is 11.4. The number of amidine groups is 1. The summed E-state index contributed by atoms with van der Waals surface area (Å²) in [7, 11) is 1.96. The normalized spacial score (nSPS) is 16.9. The second-order valence-electron chi connectivity index (χ2n) is 9.53. The van der Waals surface area contributed by atoms with Gasteiger partial charge >= 0.3 is 0 Å². The molecule has 0 spiro atoms. The van der Waals surface area contributed by atoms with Gasteiger partial charge in [-0.05, 0) is 36.3 Å². The molecule has 2 aliphatic heterocycles. The van der Waals surface area contributed by atoms with Gasteiger partial charge in [-0.2, -0.15) is 10.1 Å². The minimum atomic E-state index is -0.172. The number of hydrogen-bond donors (Lipinski definition) is 1. The van der Waals surface area contributed by atoms with Crippen LogP contribution in [0.4, 0.5) is 0 Å². The SMILES string of the molecule is C[C@@H](N)c1ccc(-c2nc3c(cc2-c2ccccc2)C2N(C)N=C(c4nc5ncccn5n4)N2C=C3)cc1. The number of nitrogens with two attached hydrogens (primary N) is 1. The monoisotopic (exact) mass is 499 g/mol. The summed E-state index contributed by atoms with van der Waals surface area (Å²) in [6.45, 7) is 1.99. The second kappa shape index (κ2) is 8.60. The Morgan fingerprint density at radius 3 is 2.53 bits per heavy atom. The molecular weight excluding hydrogens is 474 g/mol. The Morgan fingerprint density at radius 1 is 0.947 bits per heavy atom. The first-order chi connectivity index (χ1) is 18.6. The van der Waals surface area contributed by atoms with Gasteiger partial charge in [-0.1, -0.05) is 54.6 Å². The molecule has 186 valence electrons. The van der Waals surface area contributed by atoms with Crippen LogP contribution in [0.1, 0.15) is 41.8 Å². The average Bonchev–Trinajstić information content (AvgIpc) is 3.54. The first-order valence-corrected chi connectivity index (χ1v) is 12.5. The summed E-state index contributed by atoms with van der Waals surface area (Å²) in [6, 6.07) is 22.8. The molecule has 2 aromatic carbocycles. The first-order valence-electron chi connectivity index (χ1n) is 12.5. The lowest BCUT2D eigenvalue weighted by molar-refractivity contribution is 0.194. The zero-order valence-electron chi connectivity index (χ0n) is 21.0. The van der Waals surface area contributed by atoms with Gasteiger partial charge in [-0.15, -0.1) is 5.10 Å². The molecule has 9 heteroatoms. The van der Waals surface area contributed by atoms with E-state index in [2.05, 4.69) is 74.6 Å². The maximum atomic E-state index is 6.09. The molecule has 0 saturated carbocycles. The van der Waals surface area contributed by atoms with Crippen molar-refractivity contribution < 1.29 is 0 Å². The van der Waals surface area contributed by atoms with E-state index in [4.69, 9.17) is 15.8 Å². The lowest BCUT2D eigenvalue weighted by Gasteiger charge is -2.32. The van der Waals surface area contributed by atoms with Crippen molar-refractivity contribution in [1.29, 1.82) is 0 Å². The van der Waals surface area contributed by atoms with Crippen LogP contribution in [0.15, 0.2) is 90.4 Å². The van der Waals surface area contributed by atoms with Crippen LogP contribution in [0, 0.1) is 0 Å². The number of pyridine rings is 1. The smallest absolute Gasteiger partial charge is 0.252 e. The van der Waals surface area contributed by atoms with E-state index in [9.17, 15) is 0 Å². The Hall–Kier alpha value is -4.89. The van der Waals surface area contributed by atoms with Crippen LogP contribution < -0.4 is 5.73 Å². The zero-order valence-corrected chi connectivity index (χ0v) is 21.0. The largest absolute Gasteiger partial charge is 0.324 e. The fraction of sp³-hybridized carbons (Fsp3) is 0.138. The number of benzene rings is 2. The molecule has 0 aliphatic carbocycles. The molecule has 38 heavy (non-hydrogen) atoms. The van der Waals surface area contributed by atoms with E-state index in [-0.39, 0.29) is 12.2 Å². The summed E-state index contributed by atoms with van der Waals surface area (Å²) in [5.41, 5.74) is 13.3. The maximum Gasteiger partial charge on any atom is 0.252 e. The van der Waals surface area contributed by atoms with E-state index in [1.807, 2.05) is 49.6 Å². The van der Waals surface area contributed by atoms with E-state index < -0.39 is 0 Å². The number of hydrazone groups is 1. The number of fused-ring (bicyclic) bond motifs is 4. The third-order valence-electron chi connectivity index (χ3n) is 6.98. The van der Waals surface area contributed by atoms with Gasteiger partial charge in [0.15, 0.2) is 6.17 Å². The lowest BCUT2D eigenvalue weighted by atomic mass is 9.93. The van der Waals surface area contributed by atoms with Crippen molar-refractivity contribution in [1.82, 2.24) is 34.5 Å². The van der Waals surface area contributed by atoms with Gasteiger partial charge < -0.3 is 10.6 Å². The Morgan fingerprint density at radius 2 is 1.76 bits per heavy atom. The van der Waals surface area contributed by atoms with Crippen molar-refractivity contribution in [2.24, 2.45) is 10.8 Å². The summed E-state index contributed by atoms with van der Waals surface area (Å²) >= 11 is 0. The van der Waals surface area contributed by atoms with Crippen LogP contribution in [0.5, 0.6) is 0 Å². The van der Waals surface area contributed by atoms with Gasteiger partial charge in [-0.25, -0.2) is 14.5 Å². The highest BCUT2D eigenvalue weighted by Crippen LogP contribution is 2.41.